The predicted molar refractivity (Wildman–Crippen MR) is 105 cm³/mol. The number of methoxy groups -OCH3 is 1. The van der Waals surface area contributed by atoms with Gasteiger partial charge in [-0.2, -0.15) is 0 Å². The van der Waals surface area contributed by atoms with Crippen molar-refractivity contribution in [1.82, 2.24) is 15.1 Å². The second-order valence-electron chi connectivity index (χ2n) is 7.39. The lowest BCUT2D eigenvalue weighted by Gasteiger charge is -2.32. The largest absolute Gasteiger partial charge is 0.497 e. The summed E-state index contributed by atoms with van der Waals surface area (Å²) in [7, 11) is 3.76. The Morgan fingerprint density at radius 2 is 1.89 bits per heavy atom. The third kappa shape index (κ3) is 5.20. The molecule has 1 N–H and O–H groups in total. The molecule has 2 heterocycles. The molecule has 0 spiro atoms. The lowest BCUT2D eigenvalue weighted by atomic mass is 10.1. The number of piperazine rings is 1. The number of benzene rings is 1. The van der Waals surface area contributed by atoms with Gasteiger partial charge in [-0.1, -0.05) is 0 Å². The molecule has 148 valence electrons. The van der Waals surface area contributed by atoms with E-state index in [1.54, 1.807) is 12.0 Å². The predicted octanol–water partition coefficient (Wildman–Crippen LogP) is 0.802. The number of ether oxygens (including phenoxy) is 1. The summed E-state index contributed by atoms with van der Waals surface area (Å²) in [6.45, 7) is 6.52. The van der Waals surface area contributed by atoms with E-state index in [4.69, 9.17) is 4.74 Å². The number of rotatable bonds is 7. The fourth-order valence-electron chi connectivity index (χ4n) is 3.62. The number of amides is 2. The Bertz CT molecular complexity index is 641. The van der Waals surface area contributed by atoms with Crippen LogP contribution in [-0.2, 0) is 9.59 Å². The van der Waals surface area contributed by atoms with E-state index >= 15 is 0 Å². The second-order valence-corrected chi connectivity index (χ2v) is 7.39. The van der Waals surface area contributed by atoms with E-state index in [2.05, 4.69) is 22.2 Å². The number of carbonyl (C=O) groups excluding carboxylic acids is 2. The first kappa shape index (κ1) is 19.6. The summed E-state index contributed by atoms with van der Waals surface area (Å²) < 4.78 is 5.15. The summed E-state index contributed by atoms with van der Waals surface area (Å²) in [4.78, 5) is 31.2. The van der Waals surface area contributed by atoms with Crippen molar-refractivity contribution in [3.63, 3.8) is 0 Å². The van der Waals surface area contributed by atoms with Gasteiger partial charge in [0.15, 0.2) is 0 Å². The van der Waals surface area contributed by atoms with Gasteiger partial charge in [-0.25, -0.2) is 0 Å². The zero-order valence-corrected chi connectivity index (χ0v) is 16.3. The number of likely N-dealkylation sites (N-methyl/N-ethyl adjacent to an activating group) is 1. The maximum Gasteiger partial charge on any atom is 0.227 e. The molecule has 1 aromatic carbocycles. The van der Waals surface area contributed by atoms with Gasteiger partial charge in [0, 0.05) is 51.4 Å². The summed E-state index contributed by atoms with van der Waals surface area (Å²) in [5.41, 5.74) is 0.811. The van der Waals surface area contributed by atoms with Gasteiger partial charge in [0.1, 0.15) is 5.75 Å². The van der Waals surface area contributed by atoms with Crippen molar-refractivity contribution in [1.29, 1.82) is 0 Å². The Labute approximate surface area is 161 Å². The molecule has 0 aromatic heterocycles. The quantitative estimate of drug-likeness (QED) is 0.716. The van der Waals surface area contributed by atoms with E-state index < -0.39 is 0 Å². The molecular formula is C20H30N4O3. The fourth-order valence-corrected chi connectivity index (χ4v) is 3.62. The first-order valence-electron chi connectivity index (χ1n) is 9.70. The van der Waals surface area contributed by atoms with Crippen molar-refractivity contribution >= 4 is 17.5 Å². The minimum Gasteiger partial charge on any atom is -0.497 e. The van der Waals surface area contributed by atoms with E-state index in [-0.39, 0.29) is 24.2 Å². The van der Waals surface area contributed by atoms with Crippen LogP contribution in [0, 0.1) is 5.92 Å². The van der Waals surface area contributed by atoms with Gasteiger partial charge in [0.05, 0.1) is 13.0 Å². The molecule has 1 unspecified atom stereocenters. The summed E-state index contributed by atoms with van der Waals surface area (Å²) in [6.07, 6.45) is 1.22. The number of carbonyl (C=O) groups is 2. The molecule has 3 rings (SSSR count). The van der Waals surface area contributed by atoms with Crippen molar-refractivity contribution in [2.75, 3.05) is 64.9 Å². The Balaban J connectivity index is 1.40. The molecule has 2 fully saturated rings. The second kappa shape index (κ2) is 9.19. The summed E-state index contributed by atoms with van der Waals surface area (Å²) in [6, 6.07) is 7.36. The summed E-state index contributed by atoms with van der Waals surface area (Å²) in [5.74, 6) is 0.457. The number of hydrogen-bond acceptors (Lipinski definition) is 5. The van der Waals surface area contributed by atoms with Gasteiger partial charge in [-0.05, 0) is 44.3 Å². The minimum absolute atomic E-state index is 0.00208. The standard InChI is InChI=1S/C20H30N4O3/c1-22-10-12-23(13-11-22)9-3-8-21-20(26)16-14-19(25)24(15-16)17-4-6-18(27-2)7-5-17/h4-7,16H,3,8-15H2,1-2H3,(H,21,26). The van der Waals surface area contributed by atoms with Gasteiger partial charge in [-0.15, -0.1) is 0 Å². The molecule has 7 heteroatoms. The van der Waals surface area contributed by atoms with Crippen LogP contribution in [0.1, 0.15) is 12.8 Å². The maximum absolute atomic E-state index is 12.4. The van der Waals surface area contributed by atoms with E-state index in [1.165, 1.54) is 0 Å². The van der Waals surface area contributed by atoms with Gasteiger partial charge in [-0.3, -0.25) is 9.59 Å². The molecule has 2 amide bonds. The van der Waals surface area contributed by atoms with Gasteiger partial charge in [0.25, 0.3) is 0 Å². The molecular weight excluding hydrogens is 344 g/mol. The Hall–Kier alpha value is -2.12. The van der Waals surface area contributed by atoms with Crippen LogP contribution in [0.3, 0.4) is 0 Å². The van der Waals surface area contributed by atoms with Crippen molar-refractivity contribution < 1.29 is 14.3 Å². The molecule has 0 radical (unpaired) electrons. The minimum atomic E-state index is -0.275. The smallest absolute Gasteiger partial charge is 0.227 e. The van der Waals surface area contributed by atoms with Crippen molar-refractivity contribution in [2.24, 2.45) is 5.92 Å². The van der Waals surface area contributed by atoms with Crippen LogP contribution in [0.15, 0.2) is 24.3 Å². The Kier molecular flexibility index (Phi) is 6.68. The van der Waals surface area contributed by atoms with E-state index in [0.717, 1.165) is 50.6 Å². The molecule has 27 heavy (non-hydrogen) atoms. The molecule has 0 bridgehead atoms. The van der Waals surface area contributed by atoms with Crippen LogP contribution in [0.4, 0.5) is 5.69 Å². The molecule has 2 aliphatic heterocycles. The van der Waals surface area contributed by atoms with Crippen molar-refractivity contribution in [3.05, 3.63) is 24.3 Å². The normalized spacial score (nSPS) is 21.5. The first-order valence-corrected chi connectivity index (χ1v) is 9.70. The molecule has 1 aromatic rings. The van der Waals surface area contributed by atoms with Gasteiger partial charge in [0.2, 0.25) is 11.8 Å². The zero-order chi connectivity index (χ0) is 19.2. The number of nitrogens with one attached hydrogen (secondary N) is 1. The highest BCUT2D eigenvalue weighted by Gasteiger charge is 2.34. The first-order chi connectivity index (χ1) is 13.1. The summed E-state index contributed by atoms with van der Waals surface area (Å²) in [5, 5.41) is 3.01. The molecule has 1 atom stereocenters. The summed E-state index contributed by atoms with van der Waals surface area (Å²) >= 11 is 0. The topological polar surface area (TPSA) is 65.1 Å². The third-order valence-corrected chi connectivity index (χ3v) is 5.43. The van der Waals surface area contributed by atoms with Gasteiger partial charge < -0.3 is 24.8 Å². The highest BCUT2D eigenvalue weighted by Crippen LogP contribution is 2.26. The SMILES string of the molecule is COc1ccc(N2CC(C(=O)NCCCN3CCN(C)CC3)CC2=O)cc1. The third-order valence-electron chi connectivity index (χ3n) is 5.43. The lowest BCUT2D eigenvalue weighted by molar-refractivity contribution is -0.126. The molecule has 0 aliphatic carbocycles. The monoisotopic (exact) mass is 374 g/mol. The van der Waals surface area contributed by atoms with E-state index in [9.17, 15) is 9.59 Å². The highest BCUT2D eigenvalue weighted by atomic mass is 16.5. The average Bonchev–Trinajstić information content (AvgIpc) is 3.08. The van der Waals surface area contributed by atoms with Crippen LogP contribution < -0.4 is 15.0 Å². The van der Waals surface area contributed by atoms with Crippen LogP contribution in [0.25, 0.3) is 0 Å². The Morgan fingerprint density at radius 3 is 2.56 bits per heavy atom. The van der Waals surface area contributed by atoms with Crippen molar-refractivity contribution in [3.8, 4) is 5.75 Å². The lowest BCUT2D eigenvalue weighted by Crippen LogP contribution is -2.45. The van der Waals surface area contributed by atoms with Crippen LogP contribution in [0.5, 0.6) is 5.75 Å². The maximum atomic E-state index is 12.4. The van der Waals surface area contributed by atoms with Crippen molar-refractivity contribution in [2.45, 2.75) is 12.8 Å². The Morgan fingerprint density at radius 1 is 1.19 bits per heavy atom. The molecule has 7 nitrogen and oxygen atoms in total. The number of nitrogens with zero attached hydrogens (tertiary/aromatic N) is 3. The van der Waals surface area contributed by atoms with E-state index in [1.807, 2.05) is 24.3 Å². The van der Waals surface area contributed by atoms with Crippen LogP contribution in [0.2, 0.25) is 0 Å². The highest BCUT2D eigenvalue weighted by molar-refractivity contribution is 6.00. The van der Waals surface area contributed by atoms with Gasteiger partial charge >= 0.3 is 0 Å². The van der Waals surface area contributed by atoms with E-state index in [0.29, 0.717) is 13.1 Å². The number of anilines is 1. The molecule has 2 saturated heterocycles. The molecule has 2 aliphatic rings. The number of hydrogen-bond donors (Lipinski definition) is 1. The fraction of sp³-hybridized carbons (Fsp3) is 0.600. The van der Waals surface area contributed by atoms with Crippen LogP contribution >= 0.6 is 0 Å². The average molecular weight is 374 g/mol. The van der Waals surface area contributed by atoms with Crippen LogP contribution in [-0.4, -0.2) is 81.6 Å². The zero-order valence-electron chi connectivity index (χ0n) is 16.3. The molecule has 0 saturated carbocycles.